The fraction of sp³-hybridized carbons (Fsp3) is 0.0909. The number of nitrogens with zero attached hydrogens (tertiary/aromatic N) is 2. The van der Waals surface area contributed by atoms with Crippen LogP contribution in [0.15, 0.2) is 24.3 Å². The molecule has 0 N–H and O–H groups in total. The molecule has 1 aromatic carbocycles. The van der Waals surface area contributed by atoms with Gasteiger partial charge in [0, 0.05) is 17.6 Å². The van der Waals surface area contributed by atoms with E-state index in [1.807, 2.05) is 0 Å². The highest BCUT2D eigenvalue weighted by atomic mass is 35.5. The molecule has 2 aromatic rings. The molecule has 0 saturated heterocycles. The summed E-state index contributed by atoms with van der Waals surface area (Å²) in [7, 11) is 1.71. The van der Waals surface area contributed by atoms with Crippen LogP contribution in [0.5, 0.6) is 0 Å². The molecule has 2 rings (SSSR count). The van der Waals surface area contributed by atoms with Crippen LogP contribution in [0, 0.1) is 0 Å². The van der Waals surface area contributed by atoms with Gasteiger partial charge in [0.15, 0.2) is 6.29 Å². The van der Waals surface area contributed by atoms with Gasteiger partial charge >= 0.3 is 0 Å². The number of hydrogen-bond donors (Lipinski definition) is 0. The van der Waals surface area contributed by atoms with Crippen LogP contribution in [0.4, 0.5) is 0 Å². The average Bonchev–Trinajstić information content (AvgIpc) is 2.59. The molecule has 0 saturated carbocycles. The maximum absolute atomic E-state index is 10.7. The Hall–Kier alpha value is -1.32. The SMILES string of the molecule is Cn1nc(-c2ccc(Cl)cc2Cl)cc1C=O. The molecular weight excluding hydrogens is 247 g/mol. The van der Waals surface area contributed by atoms with Crippen molar-refractivity contribution in [2.75, 3.05) is 0 Å². The van der Waals surface area contributed by atoms with E-state index in [1.54, 1.807) is 31.3 Å². The summed E-state index contributed by atoms with van der Waals surface area (Å²) in [6.45, 7) is 0. The van der Waals surface area contributed by atoms with Gasteiger partial charge in [-0.2, -0.15) is 5.10 Å². The van der Waals surface area contributed by atoms with Gasteiger partial charge in [-0.15, -0.1) is 0 Å². The Kier molecular flexibility index (Phi) is 2.99. The van der Waals surface area contributed by atoms with Crippen molar-refractivity contribution < 1.29 is 4.79 Å². The van der Waals surface area contributed by atoms with Crippen LogP contribution >= 0.6 is 23.2 Å². The van der Waals surface area contributed by atoms with Crippen LogP contribution in [-0.2, 0) is 7.05 Å². The van der Waals surface area contributed by atoms with Crippen molar-refractivity contribution in [2.45, 2.75) is 0 Å². The van der Waals surface area contributed by atoms with E-state index in [0.29, 0.717) is 21.4 Å². The van der Waals surface area contributed by atoms with E-state index in [4.69, 9.17) is 23.2 Å². The van der Waals surface area contributed by atoms with E-state index >= 15 is 0 Å². The molecule has 3 nitrogen and oxygen atoms in total. The zero-order chi connectivity index (χ0) is 11.7. The molecule has 0 atom stereocenters. The largest absolute Gasteiger partial charge is 0.296 e. The van der Waals surface area contributed by atoms with Crippen molar-refractivity contribution in [3.63, 3.8) is 0 Å². The van der Waals surface area contributed by atoms with E-state index in [0.717, 1.165) is 11.8 Å². The summed E-state index contributed by atoms with van der Waals surface area (Å²) in [5.41, 5.74) is 1.92. The minimum absolute atomic E-state index is 0.501. The summed E-state index contributed by atoms with van der Waals surface area (Å²) in [4.78, 5) is 10.7. The second-order valence-electron chi connectivity index (χ2n) is 3.32. The van der Waals surface area contributed by atoms with Crippen LogP contribution in [0.1, 0.15) is 10.5 Å². The van der Waals surface area contributed by atoms with Crippen molar-refractivity contribution in [3.05, 3.63) is 40.0 Å². The molecule has 0 amide bonds. The highest BCUT2D eigenvalue weighted by Gasteiger charge is 2.09. The summed E-state index contributed by atoms with van der Waals surface area (Å²) in [5, 5.41) is 5.29. The number of benzene rings is 1. The van der Waals surface area contributed by atoms with E-state index in [1.165, 1.54) is 4.68 Å². The van der Waals surface area contributed by atoms with E-state index in [2.05, 4.69) is 5.10 Å². The second-order valence-corrected chi connectivity index (χ2v) is 4.16. The Balaban J connectivity index is 2.54. The third-order valence-corrected chi connectivity index (χ3v) is 2.79. The molecule has 1 heterocycles. The molecule has 0 bridgehead atoms. The number of aromatic nitrogens is 2. The zero-order valence-electron chi connectivity index (χ0n) is 8.45. The Bertz CT molecular complexity index is 549. The third-order valence-electron chi connectivity index (χ3n) is 2.24. The molecule has 0 fully saturated rings. The lowest BCUT2D eigenvalue weighted by molar-refractivity contribution is 0.111. The van der Waals surface area contributed by atoms with Gasteiger partial charge in [0.1, 0.15) is 5.69 Å². The van der Waals surface area contributed by atoms with Gasteiger partial charge in [-0.1, -0.05) is 23.2 Å². The average molecular weight is 255 g/mol. The molecule has 1 aromatic heterocycles. The monoisotopic (exact) mass is 254 g/mol. The number of carbonyl (C=O) groups excluding carboxylic acids is 1. The molecule has 0 aliphatic rings. The van der Waals surface area contributed by atoms with Gasteiger partial charge in [-0.05, 0) is 24.3 Å². The van der Waals surface area contributed by atoms with Crippen LogP contribution in [-0.4, -0.2) is 16.1 Å². The fourth-order valence-corrected chi connectivity index (χ4v) is 1.93. The van der Waals surface area contributed by atoms with Crippen molar-refractivity contribution in [2.24, 2.45) is 7.05 Å². The van der Waals surface area contributed by atoms with Crippen molar-refractivity contribution in [3.8, 4) is 11.3 Å². The smallest absolute Gasteiger partial charge is 0.168 e. The van der Waals surface area contributed by atoms with E-state index in [9.17, 15) is 4.79 Å². The lowest BCUT2D eigenvalue weighted by Gasteiger charge is -2.00. The van der Waals surface area contributed by atoms with Crippen molar-refractivity contribution >= 4 is 29.5 Å². The minimum Gasteiger partial charge on any atom is -0.296 e. The standard InChI is InChI=1S/C11H8Cl2N2O/c1-15-8(6-16)5-11(14-15)9-3-2-7(12)4-10(9)13/h2-6H,1H3. The topological polar surface area (TPSA) is 34.9 Å². The maximum Gasteiger partial charge on any atom is 0.168 e. The van der Waals surface area contributed by atoms with E-state index in [-0.39, 0.29) is 0 Å². The summed E-state index contributed by atoms with van der Waals surface area (Å²) in [6, 6.07) is 6.84. The lowest BCUT2D eigenvalue weighted by Crippen LogP contribution is -1.95. The predicted octanol–water partition coefficient (Wildman–Crippen LogP) is 3.21. The zero-order valence-corrected chi connectivity index (χ0v) is 9.96. The van der Waals surface area contributed by atoms with Gasteiger partial charge in [0.05, 0.1) is 10.7 Å². The minimum atomic E-state index is 0.501. The molecule has 0 radical (unpaired) electrons. The quantitative estimate of drug-likeness (QED) is 0.772. The van der Waals surface area contributed by atoms with Crippen LogP contribution < -0.4 is 0 Å². The Labute approximate surface area is 103 Å². The van der Waals surface area contributed by atoms with Gasteiger partial charge in [0.25, 0.3) is 0 Å². The highest BCUT2D eigenvalue weighted by molar-refractivity contribution is 6.36. The molecule has 82 valence electrons. The van der Waals surface area contributed by atoms with Gasteiger partial charge < -0.3 is 0 Å². The predicted molar refractivity (Wildman–Crippen MR) is 64.1 cm³/mol. The van der Waals surface area contributed by atoms with Crippen LogP contribution in [0.25, 0.3) is 11.3 Å². The van der Waals surface area contributed by atoms with Crippen LogP contribution in [0.2, 0.25) is 10.0 Å². The second kappa shape index (κ2) is 4.28. The Morgan fingerprint density at radius 2 is 2.06 bits per heavy atom. The molecular formula is C11H8Cl2N2O. The molecule has 0 unspecified atom stereocenters. The fourth-order valence-electron chi connectivity index (χ4n) is 1.42. The summed E-state index contributed by atoms with van der Waals surface area (Å²) in [6.07, 6.45) is 0.750. The number of halogens is 2. The Morgan fingerprint density at radius 1 is 1.31 bits per heavy atom. The molecule has 5 heteroatoms. The van der Waals surface area contributed by atoms with Crippen LogP contribution in [0.3, 0.4) is 0 Å². The molecule has 16 heavy (non-hydrogen) atoms. The number of rotatable bonds is 2. The van der Waals surface area contributed by atoms with Gasteiger partial charge in [0.2, 0.25) is 0 Å². The third kappa shape index (κ3) is 1.96. The summed E-state index contributed by atoms with van der Waals surface area (Å²) >= 11 is 11.8. The number of aldehydes is 1. The highest BCUT2D eigenvalue weighted by Crippen LogP contribution is 2.29. The van der Waals surface area contributed by atoms with E-state index < -0.39 is 0 Å². The normalized spacial score (nSPS) is 10.4. The number of carbonyl (C=O) groups is 1. The molecule has 0 aliphatic heterocycles. The first-order valence-electron chi connectivity index (χ1n) is 4.56. The molecule has 0 aliphatic carbocycles. The van der Waals surface area contributed by atoms with Crippen molar-refractivity contribution in [1.29, 1.82) is 0 Å². The maximum atomic E-state index is 10.7. The van der Waals surface area contributed by atoms with Crippen molar-refractivity contribution in [1.82, 2.24) is 9.78 Å². The van der Waals surface area contributed by atoms with Gasteiger partial charge in [-0.3, -0.25) is 9.48 Å². The summed E-state index contributed by atoms with van der Waals surface area (Å²) in [5.74, 6) is 0. The Morgan fingerprint density at radius 3 is 2.62 bits per heavy atom. The first-order chi connectivity index (χ1) is 7.61. The lowest BCUT2D eigenvalue weighted by atomic mass is 10.1. The number of aryl methyl sites for hydroxylation is 1. The number of hydrogen-bond acceptors (Lipinski definition) is 2. The van der Waals surface area contributed by atoms with Gasteiger partial charge in [-0.25, -0.2) is 0 Å². The summed E-state index contributed by atoms with van der Waals surface area (Å²) < 4.78 is 1.51. The first-order valence-corrected chi connectivity index (χ1v) is 5.32. The first kappa shape index (κ1) is 11.2. The molecule has 0 spiro atoms.